The average Bonchev–Trinajstić information content (AvgIpc) is 2.48. The molecule has 1 amide bonds. The van der Waals surface area contributed by atoms with Gasteiger partial charge in [-0.05, 0) is 59.7 Å². The van der Waals surface area contributed by atoms with Gasteiger partial charge in [0.2, 0.25) is 0 Å². The quantitative estimate of drug-likeness (QED) is 0.829. The second-order valence-corrected chi connectivity index (χ2v) is 8.29. The normalized spacial score (nSPS) is 18.9. The highest BCUT2D eigenvalue weighted by atomic mass is 16.6. The molecule has 0 bridgehead atoms. The summed E-state index contributed by atoms with van der Waals surface area (Å²) in [4.78, 5) is 16.5. The Morgan fingerprint density at radius 3 is 2.58 bits per heavy atom. The van der Waals surface area contributed by atoms with Crippen molar-refractivity contribution < 1.29 is 14.3 Å². The van der Waals surface area contributed by atoms with Gasteiger partial charge in [-0.25, -0.2) is 4.79 Å². The average molecular weight is 364 g/mol. The summed E-state index contributed by atoms with van der Waals surface area (Å²) in [6, 6.07) is 5.87. The molecule has 0 aromatic heterocycles. The number of benzene rings is 1. The summed E-state index contributed by atoms with van der Waals surface area (Å²) in [7, 11) is 0. The minimum Gasteiger partial charge on any atom is -0.491 e. The maximum absolute atomic E-state index is 12.4. The van der Waals surface area contributed by atoms with Gasteiger partial charge in [0.15, 0.2) is 0 Å². The number of hydrogen-bond acceptors (Lipinski definition) is 5. The summed E-state index contributed by atoms with van der Waals surface area (Å²) in [6.45, 7) is 14.7. The number of carbonyl (C=O) groups excluding carboxylic acids is 1. The molecule has 1 aromatic rings. The molecule has 6 heteroatoms. The van der Waals surface area contributed by atoms with Gasteiger partial charge in [0.1, 0.15) is 11.4 Å². The number of piperazine rings is 1. The highest BCUT2D eigenvalue weighted by Crippen LogP contribution is 2.25. The van der Waals surface area contributed by atoms with E-state index >= 15 is 0 Å². The maximum atomic E-state index is 12.4. The maximum Gasteiger partial charge on any atom is 0.410 e. The van der Waals surface area contributed by atoms with E-state index in [9.17, 15) is 4.79 Å². The molecule has 1 aromatic carbocycles. The third-order valence-electron chi connectivity index (χ3n) is 4.18. The molecule has 2 N–H and O–H groups in total. The summed E-state index contributed by atoms with van der Waals surface area (Å²) >= 11 is 0. The molecule has 2 rings (SSSR count). The second kappa shape index (κ2) is 8.16. The fourth-order valence-corrected chi connectivity index (χ4v) is 3.10. The van der Waals surface area contributed by atoms with E-state index in [0.29, 0.717) is 6.54 Å². The van der Waals surface area contributed by atoms with Gasteiger partial charge in [-0.2, -0.15) is 0 Å². The van der Waals surface area contributed by atoms with Crippen LogP contribution in [0, 0.1) is 0 Å². The van der Waals surface area contributed by atoms with E-state index in [0.717, 1.165) is 36.6 Å². The van der Waals surface area contributed by atoms with Gasteiger partial charge < -0.3 is 20.1 Å². The molecule has 1 fully saturated rings. The first kappa shape index (κ1) is 20.4. The lowest BCUT2D eigenvalue weighted by Crippen LogP contribution is -2.54. The molecule has 146 valence electrons. The minimum atomic E-state index is -0.474. The zero-order valence-corrected chi connectivity index (χ0v) is 16.9. The number of hydrogen-bond donors (Lipinski definition) is 1. The van der Waals surface area contributed by atoms with Crippen LogP contribution in [0.5, 0.6) is 5.75 Å². The molecule has 26 heavy (non-hydrogen) atoms. The van der Waals surface area contributed by atoms with E-state index in [1.165, 1.54) is 0 Å². The largest absolute Gasteiger partial charge is 0.491 e. The molecule has 6 nitrogen and oxygen atoms in total. The number of nitrogens with zero attached hydrogens (tertiary/aromatic N) is 2. The zero-order chi connectivity index (χ0) is 19.5. The van der Waals surface area contributed by atoms with Crippen molar-refractivity contribution >= 4 is 11.8 Å². The van der Waals surface area contributed by atoms with Crippen molar-refractivity contribution in [3.05, 3.63) is 23.8 Å². The Labute approximate surface area is 157 Å². The van der Waals surface area contributed by atoms with E-state index in [1.807, 2.05) is 57.7 Å². The molecule has 0 spiro atoms. The number of nitrogens with two attached hydrogens (primary N) is 1. The van der Waals surface area contributed by atoms with E-state index in [-0.39, 0.29) is 18.2 Å². The van der Waals surface area contributed by atoms with Crippen molar-refractivity contribution in [1.82, 2.24) is 9.80 Å². The third-order valence-corrected chi connectivity index (χ3v) is 4.18. The van der Waals surface area contributed by atoms with Crippen LogP contribution in [0.15, 0.2) is 18.2 Å². The Kier molecular flexibility index (Phi) is 6.39. The van der Waals surface area contributed by atoms with Gasteiger partial charge in [0.25, 0.3) is 0 Å². The SMILES string of the molecule is CC(C)Oc1ccc(N)cc1CN1CCN(C(=O)OC(C)(C)C)C(C)C1. The summed E-state index contributed by atoms with van der Waals surface area (Å²) in [5.74, 6) is 0.872. The van der Waals surface area contributed by atoms with Crippen LogP contribution < -0.4 is 10.5 Å². The topological polar surface area (TPSA) is 68.0 Å². The van der Waals surface area contributed by atoms with Crippen LogP contribution in [0.1, 0.15) is 47.1 Å². The zero-order valence-electron chi connectivity index (χ0n) is 16.9. The summed E-state index contributed by atoms with van der Waals surface area (Å²) < 4.78 is 11.4. The molecule has 1 unspecified atom stereocenters. The molecule has 0 saturated carbocycles. The van der Waals surface area contributed by atoms with Crippen LogP contribution in [-0.4, -0.2) is 53.3 Å². The molecule has 1 aliphatic rings. The van der Waals surface area contributed by atoms with Gasteiger partial charge in [-0.3, -0.25) is 4.90 Å². The summed E-state index contributed by atoms with van der Waals surface area (Å²) in [6.07, 6.45) is -0.127. The number of rotatable bonds is 4. The van der Waals surface area contributed by atoms with Gasteiger partial charge in [-0.15, -0.1) is 0 Å². The lowest BCUT2D eigenvalue weighted by atomic mass is 10.1. The first-order valence-electron chi connectivity index (χ1n) is 9.32. The molecule has 1 heterocycles. The Morgan fingerprint density at radius 2 is 2.00 bits per heavy atom. The van der Waals surface area contributed by atoms with E-state index < -0.39 is 5.60 Å². The predicted octanol–water partition coefficient (Wildman–Crippen LogP) is 3.50. The Hall–Kier alpha value is -1.95. The van der Waals surface area contributed by atoms with E-state index in [2.05, 4.69) is 11.8 Å². The number of carbonyl (C=O) groups is 1. The molecular formula is C20H33N3O3. The molecule has 1 aliphatic heterocycles. The van der Waals surface area contributed by atoms with Crippen LogP contribution in [0.4, 0.5) is 10.5 Å². The number of ether oxygens (including phenoxy) is 2. The van der Waals surface area contributed by atoms with Crippen LogP contribution in [-0.2, 0) is 11.3 Å². The number of nitrogen functional groups attached to an aromatic ring is 1. The van der Waals surface area contributed by atoms with Crippen molar-refractivity contribution in [3.8, 4) is 5.75 Å². The number of anilines is 1. The first-order valence-corrected chi connectivity index (χ1v) is 9.32. The summed E-state index contributed by atoms with van der Waals surface area (Å²) in [5, 5.41) is 0. The van der Waals surface area contributed by atoms with Crippen molar-refractivity contribution in [3.63, 3.8) is 0 Å². The number of amides is 1. The standard InChI is InChI=1S/C20H33N3O3/c1-14(2)25-18-8-7-17(21)11-16(18)13-22-9-10-23(15(3)12-22)19(24)26-20(4,5)6/h7-8,11,14-15H,9-10,12-13,21H2,1-6H3. The van der Waals surface area contributed by atoms with Crippen molar-refractivity contribution in [2.75, 3.05) is 25.4 Å². The molecule has 1 atom stereocenters. The minimum absolute atomic E-state index is 0.0918. The van der Waals surface area contributed by atoms with E-state index in [4.69, 9.17) is 15.2 Å². The third kappa shape index (κ3) is 5.80. The first-order chi connectivity index (χ1) is 12.0. The predicted molar refractivity (Wildman–Crippen MR) is 104 cm³/mol. The Balaban J connectivity index is 2.01. The van der Waals surface area contributed by atoms with Gasteiger partial charge in [0.05, 0.1) is 6.10 Å². The Bertz CT molecular complexity index is 625. The molecule has 1 saturated heterocycles. The Morgan fingerprint density at radius 1 is 1.31 bits per heavy atom. The fraction of sp³-hybridized carbons (Fsp3) is 0.650. The van der Waals surface area contributed by atoms with Crippen molar-refractivity contribution in [1.29, 1.82) is 0 Å². The highest BCUT2D eigenvalue weighted by molar-refractivity contribution is 5.68. The fourth-order valence-electron chi connectivity index (χ4n) is 3.10. The van der Waals surface area contributed by atoms with E-state index in [1.54, 1.807) is 0 Å². The van der Waals surface area contributed by atoms with Gasteiger partial charge >= 0.3 is 6.09 Å². The lowest BCUT2D eigenvalue weighted by Gasteiger charge is -2.40. The van der Waals surface area contributed by atoms with Gasteiger partial charge in [-0.1, -0.05) is 0 Å². The molecule has 0 aliphatic carbocycles. The smallest absolute Gasteiger partial charge is 0.410 e. The van der Waals surface area contributed by atoms with Crippen LogP contribution >= 0.6 is 0 Å². The molecule has 0 radical (unpaired) electrons. The van der Waals surface area contributed by atoms with Crippen molar-refractivity contribution in [2.24, 2.45) is 0 Å². The monoisotopic (exact) mass is 363 g/mol. The second-order valence-electron chi connectivity index (χ2n) is 8.29. The van der Waals surface area contributed by atoms with Crippen LogP contribution in [0.25, 0.3) is 0 Å². The van der Waals surface area contributed by atoms with Gasteiger partial charge in [0, 0.05) is 43.5 Å². The van der Waals surface area contributed by atoms with Crippen LogP contribution in [0.3, 0.4) is 0 Å². The highest BCUT2D eigenvalue weighted by Gasteiger charge is 2.31. The van der Waals surface area contributed by atoms with Crippen LogP contribution in [0.2, 0.25) is 0 Å². The lowest BCUT2D eigenvalue weighted by molar-refractivity contribution is 0.000431. The van der Waals surface area contributed by atoms with Crippen molar-refractivity contribution in [2.45, 2.75) is 65.8 Å². The summed E-state index contributed by atoms with van der Waals surface area (Å²) in [5.41, 5.74) is 7.31. The molecular weight excluding hydrogens is 330 g/mol.